The van der Waals surface area contributed by atoms with E-state index in [1.54, 1.807) is 11.2 Å². The van der Waals surface area contributed by atoms with Gasteiger partial charge in [-0.25, -0.2) is 28.2 Å². The van der Waals surface area contributed by atoms with Crippen LogP contribution >= 0.6 is 0 Å². The van der Waals surface area contributed by atoms with Gasteiger partial charge in [0.25, 0.3) is 0 Å². The van der Waals surface area contributed by atoms with Crippen LogP contribution in [0.15, 0.2) is 17.7 Å². The third-order valence-electron chi connectivity index (χ3n) is 5.07. The molecule has 0 spiro atoms. The van der Waals surface area contributed by atoms with Crippen molar-refractivity contribution >= 4 is 21.7 Å². The lowest BCUT2D eigenvalue weighted by Crippen LogP contribution is -2.42. The number of carbonyl (C=O) groups excluding carboxylic acids is 1. The number of hydrogen-bond donors (Lipinski definition) is 0. The molecule has 0 N–H and O–H groups in total. The molecule has 2 aromatic rings. The summed E-state index contributed by atoms with van der Waals surface area (Å²) in [7, 11) is -3.61. The van der Waals surface area contributed by atoms with Crippen molar-refractivity contribution in [3.05, 3.63) is 29.5 Å². The first-order chi connectivity index (χ1) is 14.0. The molecule has 11 heteroatoms. The first kappa shape index (κ1) is 20.6. The van der Waals surface area contributed by atoms with Crippen LogP contribution in [0.25, 0.3) is 0 Å². The highest BCUT2D eigenvalue weighted by molar-refractivity contribution is 7.90. The number of hydrogen-bond acceptors (Lipinski definition) is 8. The van der Waals surface area contributed by atoms with E-state index in [4.69, 9.17) is 4.74 Å². The van der Waals surface area contributed by atoms with Crippen molar-refractivity contribution in [1.29, 1.82) is 0 Å². The Morgan fingerprint density at radius 2 is 1.90 bits per heavy atom. The molecule has 0 unspecified atom stereocenters. The molecule has 0 aromatic carbocycles. The Hall–Kier alpha value is -2.69. The third-order valence-corrected chi connectivity index (χ3v) is 5.91. The van der Waals surface area contributed by atoms with E-state index < -0.39 is 21.5 Å². The van der Waals surface area contributed by atoms with Gasteiger partial charge < -0.3 is 19.1 Å². The van der Waals surface area contributed by atoms with Gasteiger partial charge in [-0.05, 0) is 27.2 Å². The lowest BCUT2D eigenvalue weighted by molar-refractivity contribution is 0.0220. The number of imidazole rings is 1. The zero-order valence-corrected chi connectivity index (χ0v) is 18.4. The summed E-state index contributed by atoms with van der Waals surface area (Å²) in [6.45, 7) is 8.10. The van der Waals surface area contributed by atoms with Crippen molar-refractivity contribution in [2.75, 3.05) is 24.2 Å². The van der Waals surface area contributed by atoms with Crippen molar-refractivity contribution in [1.82, 2.24) is 24.4 Å². The fourth-order valence-electron chi connectivity index (χ4n) is 3.66. The van der Waals surface area contributed by atoms with Gasteiger partial charge in [0.15, 0.2) is 0 Å². The highest BCUT2D eigenvalue weighted by Crippen LogP contribution is 2.30. The van der Waals surface area contributed by atoms with E-state index in [1.165, 1.54) is 0 Å². The average molecular weight is 435 g/mol. The first-order valence-corrected chi connectivity index (χ1v) is 11.7. The zero-order valence-electron chi connectivity index (χ0n) is 17.6. The number of carbonyl (C=O) groups is 1. The second-order valence-corrected chi connectivity index (χ2v) is 10.6. The molecular formula is C19H26N6O4S. The fraction of sp³-hybridized carbons (Fsp3) is 0.579. The van der Waals surface area contributed by atoms with Crippen molar-refractivity contribution in [3.63, 3.8) is 0 Å². The molecule has 2 aromatic heterocycles. The second kappa shape index (κ2) is 7.22. The van der Waals surface area contributed by atoms with Crippen LogP contribution in [0.5, 0.6) is 0 Å². The fourth-order valence-corrected chi connectivity index (χ4v) is 4.19. The molecule has 10 nitrogen and oxygen atoms in total. The minimum absolute atomic E-state index is 0.189. The van der Waals surface area contributed by atoms with Gasteiger partial charge >= 0.3 is 6.09 Å². The number of fused-ring (bicyclic) bond motifs is 2. The maximum absolute atomic E-state index is 12.5. The van der Waals surface area contributed by atoms with Gasteiger partial charge in [0.2, 0.25) is 15.0 Å². The van der Waals surface area contributed by atoms with E-state index in [-0.39, 0.29) is 11.7 Å². The molecule has 2 aliphatic heterocycles. The number of ether oxygens (including phenoxy) is 1. The topological polar surface area (TPSA) is 111 Å². The van der Waals surface area contributed by atoms with Gasteiger partial charge in [0, 0.05) is 37.7 Å². The summed E-state index contributed by atoms with van der Waals surface area (Å²) < 4.78 is 32.0. The van der Waals surface area contributed by atoms with Gasteiger partial charge in [0.05, 0.1) is 30.8 Å². The number of rotatable bonds is 2. The van der Waals surface area contributed by atoms with Crippen LogP contribution in [0.1, 0.15) is 37.7 Å². The summed E-state index contributed by atoms with van der Waals surface area (Å²) in [5.74, 6) is 0.622. The van der Waals surface area contributed by atoms with Crippen molar-refractivity contribution < 1.29 is 17.9 Å². The SMILES string of the molecule is CC(C)(C)OC(=O)N1CCc2c(nc(S(C)(=O)=O)nc2N2CCn3cncc3C2)C1. The molecule has 0 aliphatic carbocycles. The maximum Gasteiger partial charge on any atom is 0.410 e. The number of sulfone groups is 1. The monoisotopic (exact) mass is 434 g/mol. The molecule has 4 rings (SSSR count). The van der Waals surface area contributed by atoms with E-state index in [2.05, 4.69) is 24.4 Å². The predicted molar refractivity (Wildman–Crippen MR) is 109 cm³/mol. The van der Waals surface area contributed by atoms with Crippen molar-refractivity contribution in [2.24, 2.45) is 0 Å². The Labute approximate surface area is 175 Å². The second-order valence-electron chi connectivity index (χ2n) is 8.68. The van der Waals surface area contributed by atoms with Gasteiger partial charge in [-0.2, -0.15) is 0 Å². The van der Waals surface area contributed by atoms with Crippen LogP contribution in [0.2, 0.25) is 0 Å². The quantitative estimate of drug-likeness (QED) is 0.652. The summed E-state index contributed by atoms with van der Waals surface area (Å²) in [5, 5.41) is -0.221. The largest absolute Gasteiger partial charge is 0.444 e. The van der Waals surface area contributed by atoms with E-state index in [0.29, 0.717) is 37.6 Å². The summed E-state index contributed by atoms with van der Waals surface area (Å²) in [4.78, 5) is 29.1. The molecule has 30 heavy (non-hydrogen) atoms. The van der Waals surface area contributed by atoms with E-state index >= 15 is 0 Å². The minimum atomic E-state index is -3.61. The smallest absolute Gasteiger partial charge is 0.410 e. The Bertz CT molecular complexity index is 1090. The molecule has 1 amide bonds. The van der Waals surface area contributed by atoms with Crippen LogP contribution in [0.3, 0.4) is 0 Å². The molecule has 0 radical (unpaired) electrons. The van der Waals surface area contributed by atoms with E-state index in [0.717, 1.165) is 24.1 Å². The Morgan fingerprint density at radius 3 is 2.60 bits per heavy atom. The lowest BCUT2D eigenvalue weighted by atomic mass is 10.0. The summed E-state index contributed by atoms with van der Waals surface area (Å²) in [6, 6.07) is 0. The van der Waals surface area contributed by atoms with Crippen LogP contribution < -0.4 is 4.90 Å². The summed E-state index contributed by atoms with van der Waals surface area (Å²) >= 11 is 0. The molecule has 2 aliphatic rings. The lowest BCUT2D eigenvalue weighted by Gasteiger charge is -2.35. The third kappa shape index (κ3) is 4.11. The molecule has 162 valence electrons. The molecule has 0 atom stereocenters. The van der Waals surface area contributed by atoms with Crippen LogP contribution in [0.4, 0.5) is 10.6 Å². The van der Waals surface area contributed by atoms with Crippen LogP contribution in [0, 0.1) is 0 Å². The molecule has 0 fully saturated rings. The van der Waals surface area contributed by atoms with Crippen LogP contribution in [-0.2, 0) is 40.6 Å². The zero-order chi connectivity index (χ0) is 21.7. The van der Waals surface area contributed by atoms with Gasteiger partial charge in [-0.15, -0.1) is 0 Å². The van der Waals surface area contributed by atoms with E-state index in [9.17, 15) is 13.2 Å². The average Bonchev–Trinajstić information content (AvgIpc) is 3.12. The summed E-state index contributed by atoms with van der Waals surface area (Å²) in [6.07, 6.45) is 4.79. The number of aromatic nitrogens is 4. The molecular weight excluding hydrogens is 408 g/mol. The van der Waals surface area contributed by atoms with Gasteiger partial charge in [0.1, 0.15) is 11.4 Å². The molecule has 0 saturated heterocycles. The Balaban J connectivity index is 1.69. The van der Waals surface area contributed by atoms with Crippen molar-refractivity contribution in [2.45, 2.75) is 57.6 Å². The number of nitrogens with zero attached hydrogens (tertiary/aromatic N) is 6. The molecule has 4 heterocycles. The molecule has 0 saturated carbocycles. The van der Waals surface area contributed by atoms with E-state index in [1.807, 2.05) is 27.0 Å². The molecule has 0 bridgehead atoms. The van der Waals surface area contributed by atoms with Crippen molar-refractivity contribution in [3.8, 4) is 0 Å². The summed E-state index contributed by atoms with van der Waals surface area (Å²) in [5.41, 5.74) is 1.87. The predicted octanol–water partition coefficient (Wildman–Crippen LogP) is 1.39. The Kier molecular flexibility index (Phi) is 4.95. The first-order valence-electron chi connectivity index (χ1n) is 9.83. The van der Waals surface area contributed by atoms with Gasteiger partial charge in [-0.1, -0.05) is 0 Å². The normalized spacial score (nSPS) is 16.8. The minimum Gasteiger partial charge on any atom is -0.444 e. The maximum atomic E-state index is 12.5. The highest BCUT2D eigenvalue weighted by Gasteiger charge is 2.32. The van der Waals surface area contributed by atoms with Gasteiger partial charge in [-0.3, -0.25) is 0 Å². The number of amides is 1. The Morgan fingerprint density at radius 1 is 1.13 bits per heavy atom. The standard InChI is InChI=1S/C19H26N6O4S/c1-19(2,3)29-18(26)24-6-5-14-15(11-24)21-17(30(4,27)28)22-16(14)23-7-8-25-12-20-9-13(25)10-23/h9,12H,5-8,10-11H2,1-4H3. The van der Waals surface area contributed by atoms with Crippen LogP contribution in [-0.4, -0.2) is 63.9 Å². The highest BCUT2D eigenvalue weighted by atomic mass is 32.2. The number of anilines is 1.